The lowest BCUT2D eigenvalue weighted by Crippen LogP contribution is -1.90. The Hall–Kier alpha value is -1.87. The van der Waals surface area contributed by atoms with Crippen LogP contribution in [0.15, 0.2) is 53.7 Å². The Morgan fingerprint density at radius 3 is 2.78 bits per heavy atom. The van der Waals surface area contributed by atoms with Crippen LogP contribution in [0.1, 0.15) is 11.1 Å². The van der Waals surface area contributed by atoms with Crippen LogP contribution in [-0.4, -0.2) is 6.21 Å². The van der Waals surface area contributed by atoms with Gasteiger partial charge in [-0.1, -0.05) is 41.0 Å². The highest BCUT2D eigenvalue weighted by atomic mass is 35.5. The molecule has 18 heavy (non-hydrogen) atoms. The predicted octanol–water partition coefficient (Wildman–Crippen LogP) is 3.91. The molecule has 0 atom stereocenters. The molecule has 0 heterocycles. The van der Waals surface area contributed by atoms with Crippen molar-refractivity contribution in [3.63, 3.8) is 0 Å². The molecule has 2 nitrogen and oxygen atoms in total. The highest BCUT2D eigenvalue weighted by molar-refractivity contribution is 6.30. The maximum absolute atomic E-state index is 13.2. The lowest BCUT2D eigenvalue weighted by atomic mass is 10.2. The largest absolute Gasteiger partial charge is 0.390 e. The Labute approximate surface area is 110 Å². The molecule has 0 spiro atoms. The second kappa shape index (κ2) is 6.17. The summed E-state index contributed by atoms with van der Waals surface area (Å²) in [7, 11) is 0. The highest BCUT2D eigenvalue weighted by Crippen LogP contribution is 2.11. The minimum Gasteiger partial charge on any atom is -0.390 e. The van der Waals surface area contributed by atoms with E-state index in [9.17, 15) is 4.39 Å². The first-order chi connectivity index (χ1) is 8.75. The van der Waals surface area contributed by atoms with Gasteiger partial charge in [0.05, 0.1) is 0 Å². The van der Waals surface area contributed by atoms with E-state index in [1.54, 1.807) is 30.3 Å². The van der Waals surface area contributed by atoms with Crippen LogP contribution < -0.4 is 0 Å². The van der Waals surface area contributed by atoms with Gasteiger partial charge in [-0.3, -0.25) is 0 Å². The first-order valence-corrected chi connectivity index (χ1v) is 5.70. The number of hydrogen-bond donors (Lipinski definition) is 0. The molecular weight excluding hydrogens is 253 g/mol. The SMILES string of the molecule is Fc1ccccc1/[C]=N\OCc1cccc(Cl)c1. The van der Waals surface area contributed by atoms with E-state index in [0.29, 0.717) is 5.02 Å². The summed E-state index contributed by atoms with van der Waals surface area (Å²) >= 11 is 5.82. The van der Waals surface area contributed by atoms with E-state index in [2.05, 4.69) is 11.4 Å². The zero-order valence-corrected chi connectivity index (χ0v) is 10.2. The fourth-order valence-corrected chi connectivity index (χ4v) is 1.58. The highest BCUT2D eigenvalue weighted by Gasteiger charge is 1.97. The van der Waals surface area contributed by atoms with Crippen LogP contribution in [0, 0.1) is 5.82 Å². The molecule has 1 radical (unpaired) electrons. The molecule has 0 aliphatic heterocycles. The zero-order chi connectivity index (χ0) is 12.8. The Bertz CT molecular complexity index is 557. The summed E-state index contributed by atoms with van der Waals surface area (Å²) in [6.07, 6.45) is 2.49. The van der Waals surface area contributed by atoms with E-state index < -0.39 is 0 Å². The number of benzene rings is 2. The van der Waals surface area contributed by atoms with Gasteiger partial charge < -0.3 is 4.84 Å². The molecule has 0 aliphatic rings. The van der Waals surface area contributed by atoms with Crippen LogP contribution in [-0.2, 0) is 11.4 Å². The van der Waals surface area contributed by atoms with E-state index in [1.807, 2.05) is 12.1 Å². The molecule has 0 bridgehead atoms. The zero-order valence-electron chi connectivity index (χ0n) is 9.44. The number of nitrogens with zero attached hydrogens (tertiary/aromatic N) is 1. The third kappa shape index (κ3) is 3.57. The Morgan fingerprint density at radius 2 is 2.00 bits per heavy atom. The normalized spacial score (nSPS) is 10.8. The predicted molar refractivity (Wildman–Crippen MR) is 69.2 cm³/mol. The van der Waals surface area contributed by atoms with E-state index in [4.69, 9.17) is 16.4 Å². The van der Waals surface area contributed by atoms with Gasteiger partial charge in [0.1, 0.15) is 18.6 Å². The van der Waals surface area contributed by atoms with Gasteiger partial charge in [0.15, 0.2) is 0 Å². The molecule has 0 aromatic heterocycles. The Morgan fingerprint density at radius 1 is 1.17 bits per heavy atom. The fraction of sp³-hybridized carbons (Fsp3) is 0.0714. The van der Waals surface area contributed by atoms with Gasteiger partial charge in [0.25, 0.3) is 0 Å². The van der Waals surface area contributed by atoms with Gasteiger partial charge in [0.2, 0.25) is 0 Å². The molecule has 0 amide bonds. The maximum atomic E-state index is 13.2. The monoisotopic (exact) mass is 262 g/mol. The van der Waals surface area contributed by atoms with Crippen molar-refractivity contribution in [3.8, 4) is 0 Å². The smallest absolute Gasteiger partial charge is 0.142 e. The first kappa shape index (κ1) is 12.6. The summed E-state index contributed by atoms with van der Waals surface area (Å²) in [5.41, 5.74) is 1.16. The van der Waals surface area contributed by atoms with Crippen molar-refractivity contribution in [3.05, 3.63) is 70.5 Å². The van der Waals surface area contributed by atoms with Crippen molar-refractivity contribution >= 4 is 17.8 Å². The molecule has 2 rings (SSSR count). The van der Waals surface area contributed by atoms with Crippen molar-refractivity contribution < 1.29 is 9.23 Å². The molecule has 91 valence electrons. The lowest BCUT2D eigenvalue weighted by molar-refractivity contribution is 0.132. The van der Waals surface area contributed by atoms with E-state index in [1.165, 1.54) is 6.07 Å². The molecule has 0 N–H and O–H groups in total. The van der Waals surface area contributed by atoms with Crippen LogP contribution in [0.4, 0.5) is 4.39 Å². The van der Waals surface area contributed by atoms with Crippen LogP contribution in [0.3, 0.4) is 0 Å². The Balaban J connectivity index is 1.91. The molecule has 0 aliphatic carbocycles. The lowest BCUT2D eigenvalue weighted by Gasteiger charge is -2.00. The minimum atomic E-state index is -0.382. The first-order valence-electron chi connectivity index (χ1n) is 5.33. The molecule has 0 fully saturated rings. The van der Waals surface area contributed by atoms with Crippen molar-refractivity contribution in [2.24, 2.45) is 5.16 Å². The number of halogens is 2. The van der Waals surface area contributed by atoms with E-state index in [0.717, 1.165) is 5.56 Å². The van der Waals surface area contributed by atoms with E-state index >= 15 is 0 Å². The second-order valence-electron chi connectivity index (χ2n) is 3.59. The second-order valence-corrected chi connectivity index (χ2v) is 4.02. The van der Waals surface area contributed by atoms with Gasteiger partial charge in [-0.05, 0) is 29.8 Å². The van der Waals surface area contributed by atoms with Crippen LogP contribution in [0.5, 0.6) is 0 Å². The Kier molecular flexibility index (Phi) is 4.31. The molecular formula is C14H10ClFNO. The standard InChI is InChI=1S/C14H10ClFNO/c15-13-6-3-4-11(8-13)10-18-17-9-12-5-1-2-7-14(12)16/h1-8H,10H2. The minimum absolute atomic E-state index is 0.266. The summed E-state index contributed by atoms with van der Waals surface area (Å²) in [6.45, 7) is 0.266. The quantitative estimate of drug-likeness (QED) is 0.605. The third-order valence-electron chi connectivity index (χ3n) is 2.22. The fourth-order valence-electron chi connectivity index (χ4n) is 1.37. The van der Waals surface area contributed by atoms with Crippen molar-refractivity contribution in [1.82, 2.24) is 0 Å². The summed E-state index contributed by atoms with van der Waals surface area (Å²) < 4.78 is 13.2. The van der Waals surface area contributed by atoms with Gasteiger partial charge in [0, 0.05) is 10.6 Å². The molecule has 0 saturated carbocycles. The van der Waals surface area contributed by atoms with Gasteiger partial charge in [-0.2, -0.15) is 0 Å². The van der Waals surface area contributed by atoms with Gasteiger partial charge in [-0.15, -0.1) is 0 Å². The van der Waals surface area contributed by atoms with Crippen LogP contribution in [0.25, 0.3) is 0 Å². The molecule has 4 heteroatoms. The summed E-state index contributed by atoms with van der Waals surface area (Å²) in [5.74, 6) is -0.382. The van der Waals surface area contributed by atoms with Gasteiger partial charge in [-0.25, -0.2) is 4.39 Å². The molecule has 2 aromatic carbocycles. The van der Waals surface area contributed by atoms with Crippen molar-refractivity contribution in [1.29, 1.82) is 0 Å². The summed E-state index contributed by atoms with van der Waals surface area (Å²) in [5, 5.41) is 4.23. The van der Waals surface area contributed by atoms with Crippen molar-refractivity contribution in [2.75, 3.05) is 0 Å². The average molecular weight is 263 g/mol. The summed E-state index contributed by atoms with van der Waals surface area (Å²) in [4.78, 5) is 5.02. The number of hydrogen-bond acceptors (Lipinski definition) is 2. The maximum Gasteiger partial charge on any atom is 0.142 e. The van der Waals surface area contributed by atoms with E-state index in [-0.39, 0.29) is 18.0 Å². The molecule has 0 saturated heterocycles. The van der Waals surface area contributed by atoms with Crippen molar-refractivity contribution in [2.45, 2.75) is 6.61 Å². The summed E-state index contributed by atoms with van der Waals surface area (Å²) in [6, 6.07) is 13.5. The third-order valence-corrected chi connectivity index (χ3v) is 2.46. The topological polar surface area (TPSA) is 21.6 Å². The van der Waals surface area contributed by atoms with Crippen LogP contribution in [0.2, 0.25) is 5.02 Å². The average Bonchev–Trinajstić information content (AvgIpc) is 2.37. The number of rotatable bonds is 4. The van der Waals surface area contributed by atoms with Gasteiger partial charge >= 0.3 is 0 Å². The molecule has 2 aromatic rings. The molecule has 0 unspecified atom stereocenters. The van der Waals surface area contributed by atoms with Crippen LogP contribution >= 0.6 is 11.6 Å².